The molecule has 8 heteroatoms. The molecule has 0 aromatic heterocycles. The van der Waals surface area contributed by atoms with E-state index < -0.39 is 10.0 Å². The van der Waals surface area contributed by atoms with Gasteiger partial charge in [-0.05, 0) is 80.1 Å². The van der Waals surface area contributed by atoms with Gasteiger partial charge in [-0.3, -0.25) is 5.01 Å². The number of hydrogen-bond donors (Lipinski definition) is 2. The molecule has 3 atom stereocenters. The molecule has 1 heterocycles. The van der Waals surface area contributed by atoms with Gasteiger partial charge in [-0.15, -0.1) is 9.24 Å². The summed E-state index contributed by atoms with van der Waals surface area (Å²) in [6.45, 7) is 5.32. The van der Waals surface area contributed by atoms with Crippen LogP contribution < -0.4 is 15.0 Å². The average Bonchev–Trinajstić information content (AvgIpc) is 3.22. The number of anilines is 1. The van der Waals surface area contributed by atoms with E-state index in [4.69, 9.17) is 0 Å². The zero-order chi connectivity index (χ0) is 22.8. The number of likely N-dealkylation sites (N-methyl/N-ethyl adjacent to an activating group) is 1. The molecule has 0 radical (unpaired) electrons. The monoisotopic (exact) mass is 465 g/mol. The minimum Gasteiger partial charge on any atom is -0.396 e. The van der Waals surface area contributed by atoms with E-state index in [1.54, 1.807) is 18.1 Å². The Bertz CT molecular complexity index is 949. The first-order chi connectivity index (χ1) is 14.6. The van der Waals surface area contributed by atoms with Gasteiger partial charge in [0.1, 0.15) is 0 Å². The number of nitrogens with zero attached hydrogens (tertiary/aromatic N) is 2. The summed E-state index contributed by atoms with van der Waals surface area (Å²) < 4.78 is 22.7. The van der Waals surface area contributed by atoms with Crippen molar-refractivity contribution >= 4 is 30.3 Å². The Labute approximate surface area is 189 Å². The van der Waals surface area contributed by atoms with E-state index in [0.29, 0.717) is 12.5 Å². The highest BCUT2D eigenvalue weighted by molar-refractivity contribution is 7.89. The Morgan fingerprint density at radius 2 is 1.97 bits per heavy atom. The van der Waals surface area contributed by atoms with Crippen molar-refractivity contribution in [3.05, 3.63) is 47.2 Å². The molecule has 0 amide bonds. The van der Waals surface area contributed by atoms with Crippen molar-refractivity contribution in [3.63, 3.8) is 0 Å². The molecule has 1 aromatic carbocycles. The quantitative estimate of drug-likeness (QED) is 0.655. The lowest BCUT2D eigenvalue weighted by Gasteiger charge is -2.37. The second kappa shape index (κ2) is 9.72. The molecule has 1 aromatic rings. The summed E-state index contributed by atoms with van der Waals surface area (Å²) in [5, 5.41) is 15.3. The third-order valence-electron chi connectivity index (χ3n) is 6.95. The van der Waals surface area contributed by atoms with Crippen LogP contribution in [0.1, 0.15) is 39.5 Å². The highest BCUT2D eigenvalue weighted by Gasteiger charge is 2.47. The molecule has 6 nitrogen and oxygen atoms in total. The first-order valence-corrected chi connectivity index (χ1v) is 13.2. The third-order valence-corrected chi connectivity index (χ3v) is 8.71. The van der Waals surface area contributed by atoms with Crippen LogP contribution in [0.2, 0.25) is 0 Å². The van der Waals surface area contributed by atoms with Gasteiger partial charge < -0.3 is 5.11 Å². The Morgan fingerprint density at radius 1 is 1.29 bits per heavy atom. The number of hydrazine groups is 1. The van der Waals surface area contributed by atoms with Gasteiger partial charge in [0.15, 0.2) is 0 Å². The molecule has 2 N–H and O–H groups in total. The number of allylic oxidation sites excluding steroid dienone is 2. The lowest BCUT2D eigenvalue weighted by Crippen LogP contribution is -2.34. The van der Waals surface area contributed by atoms with Gasteiger partial charge in [-0.2, -0.15) is 0 Å². The van der Waals surface area contributed by atoms with Crippen LogP contribution in [0.25, 0.3) is 0 Å². The zero-order valence-corrected chi connectivity index (χ0v) is 21.0. The van der Waals surface area contributed by atoms with E-state index >= 15 is 0 Å². The lowest BCUT2D eigenvalue weighted by atomic mass is 9.69. The van der Waals surface area contributed by atoms with Crippen molar-refractivity contribution in [2.24, 2.45) is 11.3 Å². The van der Waals surface area contributed by atoms with E-state index in [9.17, 15) is 13.5 Å². The van der Waals surface area contributed by atoms with Gasteiger partial charge >= 0.3 is 0 Å². The van der Waals surface area contributed by atoms with E-state index in [1.165, 1.54) is 36.6 Å². The number of hydrogen-bond acceptors (Lipinski definition) is 5. The summed E-state index contributed by atoms with van der Waals surface area (Å²) in [6, 6.07) is 8.70. The summed E-state index contributed by atoms with van der Waals surface area (Å²) in [7, 11) is 3.42. The Hall–Kier alpha value is -1.24. The van der Waals surface area contributed by atoms with Crippen molar-refractivity contribution in [2.45, 2.75) is 39.5 Å². The van der Waals surface area contributed by atoms with Crippen LogP contribution in [0.3, 0.4) is 0 Å². The molecule has 1 aliphatic heterocycles. The fourth-order valence-corrected chi connectivity index (χ4v) is 5.57. The zero-order valence-electron chi connectivity index (χ0n) is 19.1. The molecular formula is C23H36N3O3PS. The first kappa shape index (κ1) is 24.4. The number of sulfonamides is 1. The highest BCUT2D eigenvalue weighted by Crippen LogP contribution is 2.56. The van der Waals surface area contributed by atoms with Gasteiger partial charge in [0, 0.05) is 20.2 Å². The predicted molar refractivity (Wildman–Crippen MR) is 132 cm³/mol. The van der Waals surface area contributed by atoms with Crippen molar-refractivity contribution in [3.8, 4) is 0 Å². The van der Waals surface area contributed by atoms with E-state index in [0.717, 1.165) is 19.4 Å². The molecule has 31 heavy (non-hydrogen) atoms. The fraction of sp³-hybridized carbons (Fsp3) is 0.565. The number of rotatable bonds is 5. The van der Waals surface area contributed by atoms with E-state index in [2.05, 4.69) is 68.3 Å². The molecule has 1 saturated carbocycles. The maximum Gasteiger partial charge on any atom is 0.211 e. The number of aliphatic hydroxyl groups is 1. The summed E-state index contributed by atoms with van der Waals surface area (Å²) in [6.07, 6.45) is 6.93. The van der Waals surface area contributed by atoms with Crippen molar-refractivity contribution in [2.75, 3.05) is 38.0 Å². The van der Waals surface area contributed by atoms with E-state index in [1.807, 2.05) is 0 Å². The standard InChI is InChI=1S/C20H27N2OP.C3H9NO2S/c1-20-12-14-13-21(2)22(17-5-7-18(24)8-6-17)19(14)11-16(20)4-3-15(20)9-10-23;1-3-7(5,6)4-2/h5-8,11,15,23H,3-4,9-10,12-13,24H2,1-2H3;4H,3H2,1-2H3. The molecule has 3 aliphatic rings. The largest absolute Gasteiger partial charge is 0.396 e. The van der Waals surface area contributed by atoms with Crippen LogP contribution >= 0.6 is 9.24 Å². The molecule has 2 aliphatic carbocycles. The smallest absolute Gasteiger partial charge is 0.211 e. The average molecular weight is 466 g/mol. The van der Waals surface area contributed by atoms with Gasteiger partial charge in [-0.25, -0.2) is 18.1 Å². The number of benzene rings is 1. The predicted octanol–water partition coefficient (Wildman–Crippen LogP) is 2.79. The molecule has 4 rings (SSSR count). The molecule has 0 saturated heterocycles. The first-order valence-electron chi connectivity index (χ1n) is 11.0. The third kappa shape index (κ3) is 5.07. The maximum absolute atomic E-state index is 10.3. The summed E-state index contributed by atoms with van der Waals surface area (Å²) >= 11 is 0. The molecular weight excluding hydrogens is 429 g/mol. The summed E-state index contributed by atoms with van der Waals surface area (Å²) in [4.78, 5) is 0. The lowest BCUT2D eigenvalue weighted by molar-refractivity contribution is 0.191. The van der Waals surface area contributed by atoms with Gasteiger partial charge in [0.25, 0.3) is 0 Å². The summed E-state index contributed by atoms with van der Waals surface area (Å²) in [5.74, 6) is 0.780. The second-order valence-electron chi connectivity index (χ2n) is 8.83. The van der Waals surface area contributed by atoms with Crippen LogP contribution in [-0.2, 0) is 10.0 Å². The van der Waals surface area contributed by atoms with Gasteiger partial charge in [0.05, 0.1) is 17.1 Å². The van der Waals surface area contributed by atoms with Crippen LogP contribution in [0.4, 0.5) is 5.69 Å². The molecule has 1 fully saturated rings. The SMILES string of the molecule is CCS(=O)(=O)NC.CN1CC2=C(C=C3CCC(CCO)C3(C)C2)N1c1ccc(P)cc1. The highest BCUT2D eigenvalue weighted by atomic mass is 32.2. The molecule has 3 unspecified atom stereocenters. The minimum absolute atomic E-state index is 0.156. The second-order valence-corrected chi connectivity index (χ2v) is 11.7. The number of nitrogens with one attached hydrogen (secondary N) is 1. The van der Waals surface area contributed by atoms with Crippen LogP contribution in [-0.4, -0.2) is 51.5 Å². The molecule has 0 spiro atoms. The Kier molecular flexibility index (Phi) is 7.65. The van der Waals surface area contributed by atoms with Crippen molar-refractivity contribution < 1.29 is 13.5 Å². The normalized spacial score (nSPS) is 25.7. The Balaban J connectivity index is 0.000000339. The van der Waals surface area contributed by atoms with Crippen molar-refractivity contribution in [1.29, 1.82) is 0 Å². The van der Waals surface area contributed by atoms with Crippen LogP contribution in [0, 0.1) is 11.3 Å². The Morgan fingerprint density at radius 3 is 2.52 bits per heavy atom. The van der Waals surface area contributed by atoms with Crippen LogP contribution in [0.5, 0.6) is 0 Å². The topological polar surface area (TPSA) is 72.9 Å². The van der Waals surface area contributed by atoms with Gasteiger partial charge in [-0.1, -0.05) is 24.6 Å². The molecule has 0 bridgehead atoms. The number of aliphatic hydroxyl groups excluding tert-OH is 1. The maximum atomic E-state index is 10.3. The van der Waals surface area contributed by atoms with Crippen molar-refractivity contribution in [1.82, 2.24) is 9.73 Å². The van der Waals surface area contributed by atoms with Crippen LogP contribution in [0.15, 0.2) is 47.2 Å². The minimum atomic E-state index is -2.91. The molecule has 172 valence electrons. The number of fused-ring (bicyclic) bond motifs is 1. The van der Waals surface area contributed by atoms with Gasteiger partial charge in [0.2, 0.25) is 10.0 Å². The fourth-order valence-electron chi connectivity index (χ4n) is 5.09. The van der Waals surface area contributed by atoms with E-state index in [-0.39, 0.29) is 11.2 Å². The summed E-state index contributed by atoms with van der Waals surface area (Å²) in [5.41, 5.74) is 6.00.